The van der Waals surface area contributed by atoms with Gasteiger partial charge in [0, 0.05) is 6.04 Å². The number of nitrogens with one attached hydrogen (secondary N) is 1. The first-order valence-corrected chi connectivity index (χ1v) is 5.68. The van der Waals surface area contributed by atoms with Gasteiger partial charge in [0.2, 0.25) is 5.91 Å². The van der Waals surface area contributed by atoms with Gasteiger partial charge in [-0.2, -0.15) is 0 Å². The summed E-state index contributed by atoms with van der Waals surface area (Å²) in [7, 11) is 0. The van der Waals surface area contributed by atoms with E-state index in [1.54, 1.807) is 0 Å². The number of carbonyl (C=O) groups is 1. The molecule has 1 aliphatic heterocycles. The highest BCUT2D eigenvalue weighted by Crippen LogP contribution is 2.35. The number of aryl methyl sites for hydroxylation is 1. The van der Waals surface area contributed by atoms with E-state index in [9.17, 15) is 4.79 Å². The van der Waals surface area contributed by atoms with Crippen molar-refractivity contribution in [2.24, 2.45) is 0 Å². The number of anilines is 2. The third-order valence-corrected chi connectivity index (χ3v) is 3.16. The van der Waals surface area contributed by atoms with E-state index in [1.165, 1.54) is 11.1 Å². The Morgan fingerprint density at radius 2 is 2.00 bits per heavy atom. The normalized spacial score (nSPS) is 15.1. The number of rotatable bonds is 1. The monoisotopic (exact) mass is 218 g/mol. The van der Waals surface area contributed by atoms with Crippen LogP contribution in [0.25, 0.3) is 0 Å². The highest BCUT2D eigenvalue weighted by atomic mass is 16.2. The molecule has 0 bridgehead atoms. The average molecular weight is 218 g/mol. The Morgan fingerprint density at radius 1 is 1.31 bits per heavy atom. The zero-order valence-electron chi connectivity index (χ0n) is 10.3. The van der Waals surface area contributed by atoms with Crippen LogP contribution in [0, 0.1) is 13.8 Å². The number of hydrogen-bond acceptors (Lipinski definition) is 2. The zero-order chi connectivity index (χ0) is 11.9. The van der Waals surface area contributed by atoms with Crippen molar-refractivity contribution in [3.05, 3.63) is 23.3 Å². The average Bonchev–Trinajstić information content (AvgIpc) is 2.23. The van der Waals surface area contributed by atoms with Gasteiger partial charge in [0.1, 0.15) is 0 Å². The number of carbonyl (C=O) groups excluding carboxylic acids is 1. The molecule has 1 aromatic carbocycles. The van der Waals surface area contributed by atoms with E-state index in [4.69, 9.17) is 0 Å². The van der Waals surface area contributed by atoms with Crippen LogP contribution < -0.4 is 10.2 Å². The summed E-state index contributed by atoms with van der Waals surface area (Å²) >= 11 is 0. The lowest BCUT2D eigenvalue weighted by Crippen LogP contribution is -2.44. The fraction of sp³-hybridized carbons (Fsp3) is 0.462. The van der Waals surface area contributed by atoms with Gasteiger partial charge >= 0.3 is 0 Å². The molecule has 0 saturated heterocycles. The van der Waals surface area contributed by atoms with Crippen LogP contribution >= 0.6 is 0 Å². The van der Waals surface area contributed by atoms with E-state index in [2.05, 4.69) is 45.1 Å². The van der Waals surface area contributed by atoms with Crippen LogP contribution in [0.3, 0.4) is 0 Å². The lowest BCUT2D eigenvalue weighted by molar-refractivity contribution is -0.117. The van der Waals surface area contributed by atoms with Crippen LogP contribution in [0.2, 0.25) is 0 Å². The van der Waals surface area contributed by atoms with Gasteiger partial charge in [-0.15, -0.1) is 0 Å². The zero-order valence-corrected chi connectivity index (χ0v) is 10.3. The van der Waals surface area contributed by atoms with Crippen molar-refractivity contribution >= 4 is 17.3 Å². The molecule has 0 atom stereocenters. The van der Waals surface area contributed by atoms with E-state index in [-0.39, 0.29) is 11.9 Å². The van der Waals surface area contributed by atoms with Crippen molar-refractivity contribution in [1.29, 1.82) is 0 Å². The van der Waals surface area contributed by atoms with Crippen LogP contribution in [0.1, 0.15) is 25.0 Å². The maximum atomic E-state index is 11.9. The molecule has 0 fully saturated rings. The number of fused-ring (bicyclic) bond motifs is 1. The van der Waals surface area contributed by atoms with Crippen molar-refractivity contribution in [2.45, 2.75) is 33.7 Å². The minimum absolute atomic E-state index is 0.149. The molecule has 0 aliphatic carbocycles. The highest BCUT2D eigenvalue weighted by Gasteiger charge is 2.27. The summed E-state index contributed by atoms with van der Waals surface area (Å²) < 4.78 is 0. The third kappa shape index (κ3) is 1.56. The summed E-state index contributed by atoms with van der Waals surface area (Å²) in [5.41, 5.74) is 4.52. The van der Waals surface area contributed by atoms with Crippen LogP contribution in [-0.2, 0) is 4.79 Å². The van der Waals surface area contributed by atoms with Crippen LogP contribution in [0.4, 0.5) is 11.4 Å². The SMILES string of the molecule is Cc1ccc2c(c1C)N(C(C)C)C(=O)CN2. The molecule has 0 radical (unpaired) electrons. The second-order valence-electron chi connectivity index (χ2n) is 4.61. The Kier molecular flexibility index (Phi) is 2.62. The van der Waals surface area contributed by atoms with Gasteiger partial charge in [0.15, 0.2) is 0 Å². The molecule has 3 nitrogen and oxygen atoms in total. The summed E-state index contributed by atoms with van der Waals surface area (Å²) in [5, 5.41) is 3.17. The first kappa shape index (κ1) is 11.0. The van der Waals surface area contributed by atoms with Gasteiger partial charge in [-0.25, -0.2) is 0 Å². The molecule has 16 heavy (non-hydrogen) atoms. The molecular formula is C13H18N2O. The molecular weight excluding hydrogens is 200 g/mol. The van der Waals surface area contributed by atoms with Gasteiger partial charge in [-0.3, -0.25) is 4.79 Å². The van der Waals surface area contributed by atoms with E-state index in [0.29, 0.717) is 6.54 Å². The summed E-state index contributed by atoms with van der Waals surface area (Å²) in [6, 6.07) is 4.35. The molecule has 1 N–H and O–H groups in total. The molecule has 3 heteroatoms. The van der Waals surface area contributed by atoms with Crippen molar-refractivity contribution < 1.29 is 4.79 Å². The summed E-state index contributed by atoms with van der Waals surface area (Å²) in [6.45, 7) is 8.65. The smallest absolute Gasteiger partial charge is 0.246 e. The summed E-state index contributed by atoms with van der Waals surface area (Å²) in [5.74, 6) is 0.149. The van der Waals surface area contributed by atoms with Crippen molar-refractivity contribution in [3.8, 4) is 0 Å². The third-order valence-electron chi connectivity index (χ3n) is 3.16. The van der Waals surface area contributed by atoms with Crippen molar-refractivity contribution in [2.75, 3.05) is 16.8 Å². The molecule has 0 aromatic heterocycles. The van der Waals surface area contributed by atoms with Gasteiger partial charge in [-0.05, 0) is 44.9 Å². The van der Waals surface area contributed by atoms with Crippen LogP contribution in [0.5, 0.6) is 0 Å². The van der Waals surface area contributed by atoms with Crippen molar-refractivity contribution in [1.82, 2.24) is 0 Å². The minimum atomic E-state index is 0.149. The molecule has 1 amide bonds. The fourth-order valence-electron chi connectivity index (χ4n) is 2.18. The maximum Gasteiger partial charge on any atom is 0.246 e. The van der Waals surface area contributed by atoms with Crippen molar-refractivity contribution in [3.63, 3.8) is 0 Å². The molecule has 1 aliphatic rings. The number of hydrogen-bond donors (Lipinski definition) is 1. The largest absolute Gasteiger partial charge is 0.374 e. The fourth-order valence-corrected chi connectivity index (χ4v) is 2.18. The predicted octanol–water partition coefficient (Wildman–Crippen LogP) is 2.47. The molecule has 1 aromatic rings. The minimum Gasteiger partial charge on any atom is -0.374 e. The maximum absolute atomic E-state index is 11.9. The number of amides is 1. The molecule has 1 heterocycles. The molecule has 0 saturated carbocycles. The first-order chi connectivity index (χ1) is 7.52. The predicted molar refractivity (Wildman–Crippen MR) is 67.0 cm³/mol. The molecule has 0 spiro atoms. The van der Waals surface area contributed by atoms with E-state index >= 15 is 0 Å². The quantitative estimate of drug-likeness (QED) is 0.785. The highest BCUT2D eigenvalue weighted by molar-refractivity contribution is 6.04. The Hall–Kier alpha value is -1.51. The molecule has 86 valence electrons. The van der Waals surface area contributed by atoms with Gasteiger partial charge < -0.3 is 10.2 Å². The molecule has 2 rings (SSSR count). The topological polar surface area (TPSA) is 32.3 Å². The van der Waals surface area contributed by atoms with E-state index < -0.39 is 0 Å². The Bertz CT molecular complexity index is 438. The Balaban J connectivity index is 2.61. The molecule has 0 unspecified atom stereocenters. The second-order valence-corrected chi connectivity index (χ2v) is 4.61. The second kappa shape index (κ2) is 3.81. The number of benzene rings is 1. The first-order valence-electron chi connectivity index (χ1n) is 5.68. The lowest BCUT2D eigenvalue weighted by Gasteiger charge is -2.35. The van der Waals surface area contributed by atoms with Gasteiger partial charge in [0.05, 0.1) is 17.9 Å². The van der Waals surface area contributed by atoms with E-state index in [0.717, 1.165) is 11.4 Å². The Morgan fingerprint density at radius 3 is 2.62 bits per heavy atom. The summed E-state index contributed by atoms with van der Waals surface area (Å²) in [6.07, 6.45) is 0. The van der Waals surface area contributed by atoms with Gasteiger partial charge in [-0.1, -0.05) is 6.07 Å². The standard InChI is InChI=1S/C13H18N2O/c1-8(2)15-12(16)7-14-11-6-5-9(3)10(4)13(11)15/h5-6,8,14H,7H2,1-4H3. The summed E-state index contributed by atoms with van der Waals surface area (Å²) in [4.78, 5) is 13.8. The van der Waals surface area contributed by atoms with E-state index in [1.807, 2.05) is 4.90 Å². The van der Waals surface area contributed by atoms with Crippen LogP contribution in [-0.4, -0.2) is 18.5 Å². The van der Waals surface area contributed by atoms with Crippen LogP contribution in [0.15, 0.2) is 12.1 Å². The van der Waals surface area contributed by atoms with Gasteiger partial charge in [0.25, 0.3) is 0 Å². The lowest BCUT2D eigenvalue weighted by atomic mass is 10.0. The Labute approximate surface area is 96.5 Å². The number of nitrogens with zero attached hydrogens (tertiary/aromatic N) is 1.